The monoisotopic (exact) mass is 182 g/mol. The Hall–Kier alpha value is -0.830. The van der Waals surface area contributed by atoms with Crippen LogP contribution in [-0.4, -0.2) is 24.5 Å². The minimum absolute atomic E-state index is 0.0319. The highest BCUT2D eigenvalue weighted by Gasteiger charge is 2.20. The highest BCUT2D eigenvalue weighted by atomic mass is 16.2. The Kier molecular flexibility index (Phi) is 3.96. The summed E-state index contributed by atoms with van der Waals surface area (Å²) in [7, 11) is 0. The molecule has 0 aromatic rings. The van der Waals surface area contributed by atoms with E-state index in [1.807, 2.05) is 13.0 Å². The number of hydrogen-bond acceptors (Lipinski definition) is 2. The number of nitrogens with one attached hydrogen (secondary N) is 2. The van der Waals surface area contributed by atoms with Crippen molar-refractivity contribution in [2.75, 3.05) is 6.54 Å². The molecule has 1 aliphatic rings. The van der Waals surface area contributed by atoms with E-state index >= 15 is 0 Å². The number of rotatable bonds is 3. The molecule has 1 amide bonds. The van der Waals surface area contributed by atoms with Crippen LogP contribution < -0.4 is 10.6 Å². The topological polar surface area (TPSA) is 41.1 Å². The molecule has 1 heterocycles. The van der Waals surface area contributed by atoms with Gasteiger partial charge >= 0.3 is 0 Å². The van der Waals surface area contributed by atoms with Crippen molar-refractivity contribution in [3.05, 3.63) is 12.7 Å². The second kappa shape index (κ2) is 5.02. The molecule has 0 bridgehead atoms. The van der Waals surface area contributed by atoms with Gasteiger partial charge in [-0.2, -0.15) is 0 Å². The molecule has 13 heavy (non-hydrogen) atoms. The Morgan fingerprint density at radius 1 is 1.69 bits per heavy atom. The lowest BCUT2D eigenvalue weighted by Gasteiger charge is -2.18. The maximum absolute atomic E-state index is 11.5. The molecule has 0 aromatic carbocycles. The highest BCUT2D eigenvalue weighted by molar-refractivity contribution is 5.81. The number of carbonyl (C=O) groups is 1. The zero-order valence-electron chi connectivity index (χ0n) is 8.18. The fraction of sp³-hybridized carbons (Fsp3) is 0.700. The van der Waals surface area contributed by atoms with Gasteiger partial charge in [0, 0.05) is 12.6 Å². The molecule has 0 aliphatic carbocycles. The van der Waals surface area contributed by atoms with Crippen molar-refractivity contribution in [1.82, 2.24) is 10.6 Å². The lowest BCUT2D eigenvalue weighted by atomic mass is 10.1. The summed E-state index contributed by atoms with van der Waals surface area (Å²) in [5.74, 6) is 0.131. The molecule has 1 saturated heterocycles. The van der Waals surface area contributed by atoms with Crippen LogP contribution in [-0.2, 0) is 4.79 Å². The van der Waals surface area contributed by atoms with E-state index in [-0.39, 0.29) is 18.0 Å². The van der Waals surface area contributed by atoms with Crippen molar-refractivity contribution in [3.8, 4) is 0 Å². The van der Waals surface area contributed by atoms with E-state index in [0.29, 0.717) is 0 Å². The van der Waals surface area contributed by atoms with Crippen molar-refractivity contribution in [2.24, 2.45) is 0 Å². The van der Waals surface area contributed by atoms with Crippen LogP contribution in [0.5, 0.6) is 0 Å². The highest BCUT2D eigenvalue weighted by Crippen LogP contribution is 2.06. The molecule has 2 atom stereocenters. The molecule has 3 heteroatoms. The fourth-order valence-corrected chi connectivity index (χ4v) is 1.48. The lowest BCUT2D eigenvalue weighted by Crippen LogP contribution is -2.45. The predicted molar refractivity (Wildman–Crippen MR) is 53.4 cm³/mol. The molecular weight excluding hydrogens is 164 g/mol. The summed E-state index contributed by atoms with van der Waals surface area (Å²) < 4.78 is 0. The van der Waals surface area contributed by atoms with Crippen LogP contribution in [0.1, 0.15) is 26.2 Å². The number of carbonyl (C=O) groups excluding carboxylic acids is 1. The number of amides is 1. The van der Waals surface area contributed by atoms with E-state index < -0.39 is 0 Å². The first-order valence-corrected chi connectivity index (χ1v) is 4.90. The van der Waals surface area contributed by atoms with Crippen LogP contribution in [0.25, 0.3) is 0 Å². The van der Waals surface area contributed by atoms with Crippen LogP contribution in [0, 0.1) is 0 Å². The van der Waals surface area contributed by atoms with Crippen molar-refractivity contribution < 1.29 is 4.79 Å². The van der Waals surface area contributed by atoms with Crippen molar-refractivity contribution in [3.63, 3.8) is 0 Å². The predicted octanol–water partition coefficient (Wildman–Crippen LogP) is 0.819. The van der Waals surface area contributed by atoms with Gasteiger partial charge in [-0.1, -0.05) is 6.08 Å². The van der Waals surface area contributed by atoms with E-state index in [9.17, 15) is 4.79 Å². The molecule has 1 aliphatic heterocycles. The minimum atomic E-state index is -0.0319. The molecule has 0 spiro atoms. The number of hydrogen-bond donors (Lipinski definition) is 2. The van der Waals surface area contributed by atoms with Crippen molar-refractivity contribution >= 4 is 5.91 Å². The molecule has 1 fully saturated rings. The molecule has 0 saturated carbocycles. The van der Waals surface area contributed by atoms with Crippen LogP contribution >= 0.6 is 0 Å². The smallest absolute Gasteiger partial charge is 0.237 e. The first-order valence-electron chi connectivity index (χ1n) is 4.90. The third-order valence-electron chi connectivity index (χ3n) is 2.35. The van der Waals surface area contributed by atoms with Gasteiger partial charge in [0.1, 0.15) is 0 Å². The zero-order chi connectivity index (χ0) is 9.68. The molecule has 0 aromatic heterocycles. The lowest BCUT2D eigenvalue weighted by molar-refractivity contribution is -0.122. The summed E-state index contributed by atoms with van der Waals surface area (Å²) >= 11 is 0. The molecule has 1 rings (SSSR count). The van der Waals surface area contributed by atoms with E-state index in [4.69, 9.17) is 0 Å². The summed E-state index contributed by atoms with van der Waals surface area (Å²) in [5, 5.41) is 6.12. The molecular formula is C10H18N2O. The average Bonchev–Trinajstić information content (AvgIpc) is 2.32. The SMILES string of the molecule is C=CC(C)NC1CCCCNC1=O. The van der Waals surface area contributed by atoms with Crippen molar-refractivity contribution in [2.45, 2.75) is 38.3 Å². The Morgan fingerprint density at radius 2 is 2.46 bits per heavy atom. The second-order valence-corrected chi connectivity index (χ2v) is 3.53. The Morgan fingerprint density at radius 3 is 3.15 bits per heavy atom. The normalized spacial score (nSPS) is 25.9. The third-order valence-corrected chi connectivity index (χ3v) is 2.35. The first-order chi connectivity index (χ1) is 6.24. The second-order valence-electron chi connectivity index (χ2n) is 3.53. The maximum Gasteiger partial charge on any atom is 0.237 e. The average molecular weight is 182 g/mol. The quantitative estimate of drug-likeness (QED) is 0.634. The summed E-state index contributed by atoms with van der Waals surface area (Å²) in [6.07, 6.45) is 4.95. The fourth-order valence-electron chi connectivity index (χ4n) is 1.48. The molecule has 2 unspecified atom stereocenters. The van der Waals surface area contributed by atoms with E-state index in [1.165, 1.54) is 0 Å². The zero-order valence-corrected chi connectivity index (χ0v) is 8.18. The van der Waals surface area contributed by atoms with Gasteiger partial charge in [0.05, 0.1) is 6.04 Å². The standard InChI is InChI=1S/C10H18N2O/c1-3-8(2)12-9-6-4-5-7-11-10(9)13/h3,8-9,12H,1,4-7H2,2H3,(H,11,13). The Balaban J connectivity index is 2.44. The third kappa shape index (κ3) is 3.19. The van der Waals surface area contributed by atoms with Gasteiger partial charge in [-0.15, -0.1) is 6.58 Å². The molecule has 2 N–H and O–H groups in total. The van der Waals surface area contributed by atoms with E-state index in [0.717, 1.165) is 25.8 Å². The van der Waals surface area contributed by atoms with Crippen LogP contribution in [0.2, 0.25) is 0 Å². The van der Waals surface area contributed by atoms with Gasteiger partial charge < -0.3 is 5.32 Å². The first kappa shape index (κ1) is 10.3. The van der Waals surface area contributed by atoms with Gasteiger partial charge in [-0.05, 0) is 26.2 Å². The van der Waals surface area contributed by atoms with Crippen LogP contribution in [0.15, 0.2) is 12.7 Å². The summed E-state index contributed by atoms with van der Waals surface area (Å²) in [6, 6.07) is 0.171. The van der Waals surface area contributed by atoms with Gasteiger partial charge in [0.2, 0.25) is 5.91 Å². The van der Waals surface area contributed by atoms with Crippen LogP contribution in [0.4, 0.5) is 0 Å². The van der Waals surface area contributed by atoms with E-state index in [1.54, 1.807) is 0 Å². The minimum Gasteiger partial charge on any atom is -0.355 e. The Labute approximate surface area is 79.6 Å². The molecule has 3 nitrogen and oxygen atoms in total. The van der Waals surface area contributed by atoms with Gasteiger partial charge in [0.25, 0.3) is 0 Å². The molecule has 0 radical (unpaired) electrons. The summed E-state index contributed by atoms with van der Waals surface area (Å²) in [4.78, 5) is 11.5. The van der Waals surface area contributed by atoms with Crippen molar-refractivity contribution in [1.29, 1.82) is 0 Å². The van der Waals surface area contributed by atoms with E-state index in [2.05, 4.69) is 17.2 Å². The maximum atomic E-state index is 11.5. The molecule has 74 valence electrons. The van der Waals surface area contributed by atoms with Gasteiger partial charge in [-0.3, -0.25) is 10.1 Å². The Bertz CT molecular complexity index is 191. The van der Waals surface area contributed by atoms with Gasteiger partial charge in [-0.25, -0.2) is 0 Å². The largest absolute Gasteiger partial charge is 0.355 e. The van der Waals surface area contributed by atoms with Crippen LogP contribution in [0.3, 0.4) is 0 Å². The summed E-state index contributed by atoms with van der Waals surface area (Å²) in [5.41, 5.74) is 0. The summed E-state index contributed by atoms with van der Waals surface area (Å²) in [6.45, 7) is 6.50. The van der Waals surface area contributed by atoms with Gasteiger partial charge in [0.15, 0.2) is 0 Å².